The zero-order valence-corrected chi connectivity index (χ0v) is 14.4. The van der Waals surface area contributed by atoms with Gasteiger partial charge in [0.2, 0.25) is 23.6 Å². The van der Waals surface area contributed by atoms with Gasteiger partial charge in [0, 0.05) is 24.9 Å². The van der Waals surface area contributed by atoms with E-state index in [0.29, 0.717) is 18.4 Å². The van der Waals surface area contributed by atoms with Gasteiger partial charge < -0.3 is 14.6 Å². The van der Waals surface area contributed by atoms with E-state index in [1.165, 1.54) is 0 Å². The summed E-state index contributed by atoms with van der Waals surface area (Å²) in [6.07, 6.45) is 7.44. The van der Waals surface area contributed by atoms with Gasteiger partial charge in [-0.05, 0) is 44.4 Å². The number of amides is 2. The van der Waals surface area contributed by atoms with Crippen molar-refractivity contribution in [2.45, 2.75) is 56.3 Å². The van der Waals surface area contributed by atoms with E-state index in [9.17, 15) is 9.59 Å². The number of fused-ring (bicyclic) bond motifs is 1. The molecule has 0 aromatic carbocycles. The van der Waals surface area contributed by atoms with Crippen molar-refractivity contribution in [3.63, 3.8) is 0 Å². The van der Waals surface area contributed by atoms with E-state index in [1.54, 1.807) is 0 Å². The van der Waals surface area contributed by atoms with Gasteiger partial charge in [0.1, 0.15) is 0 Å². The highest BCUT2D eigenvalue weighted by Gasteiger charge is 2.55. The number of carbonyl (C=O) groups is 2. The highest BCUT2D eigenvalue weighted by atomic mass is 16.4. The summed E-state index contributed by atoms with van der Waals surface area (Å²) in [6.45, 7) is 1.48. The number of aromatic nitrogens is 2. The van der Waals surface area contributed by atoms with Gasteiger partial charge >= 0.3 is 0 Å². The molecule has 0 spiro atoms. The number of likely N-dealkylation sites (tertiary alicyclic amines) is 1. The summed E-state index contributed by atoms with van der Waals surface area (Å²) >= 11 is 0. The van der Waals surface area contributed by atoms with Crippen molar-refractivity contribution in [3.05, 3.63) is 11.8 Å². The molecule has 4 aliphatic rings. The summed E-state index contributed by atoms with van der Waals surface area (Å²) in [4.78, 5) is 26.2. The highest BCUT2D eigenvalue weighted by Crippen LogP contribution is 2.51. The Morgan fingerprint density at radius 3 is 2.80 bits per heavy atom. The number of nitrogens with one attached hydrogen (secondary N) is 1. The number of nitrogens with zero attached hydrogens (tertiary/aromatic N) is 3. The van der Waals surface area contributed by atoms with Gasteiger partial charge in [-0.15, -0.1) is 10.2 Å². The van der Waals surface area contributed by atoms with Crippen molar-refractivity contribution < 1.29 is 14.0 Å². The SMILES string of the molecule is O=C(NCC(=O)N1C[C@@H]2CCC[C@]2(c2nnc(C3CC3)o2)C1)C1CC1. The minimum atomic E-state index is -0.170. The van der Waals surface area contributed by atoms with Crippen LogP contribution in [0.5, 0.6) is 0 Å². The van der Waals surface area contributed by atoms with E-state index >= 15 is 0 Å². The van der Waals surface area contributed by atoms with E-state index in [-0.39, 0.29) is 29.7 Å². The Bertz CT molecular complexity index is 709. The van der Waals surface area contributed by atoms with Crippen LogP contribution in [0.1, 0.15) is 62.6 Å². The molecule has 1 aromatic heterocycles. The molecule has 2 amide bonds. The molecule has 2 heterocycles. The molecule has 1 aromatic rings. The molecule has 134 valence electrons. The van der Waals surface area contributed by atoms with Crippen LogP contribution in [0.2, 0.25) is 0 Å². The van der Waals surface area contributed by atoms with Gasteiger partial charge in [-0.3, -0.25) is 9.59 Å². The molecule has 2 atom stereocenters. The summed E-state index contributed by atoms with van der Waals surface area (Å²) in [5, 5.41) is 11.4. The fraction of sp³-hybridized carbons (Fsp3) is 0.778. The van der Waals surface area contributed by atoms with E-state index in [1.807, 2.05) is 4.90 Å². The third kappa shape index (κ3) is 2.64. The van der Waals surface area contributed by atoms with Crippen molar-refractivity contribution in [1.82, 2.24) is 20.4 Å². The second-order valence-corrected chi connectivity index (χ2v) is 8.23. The summed E-state index contributed by atoms with van der Waals surface area (Å²) in [5.74, 6) is 2.51. The molecule has 0 radical (unpaired) electrons. The highest BCUT2D eigenvalue weighted by molar-refractivity contribution is 5.87. The van der Waals surface area contributed by atoms with Gasteiger partial charge in [0.05, 0.1) is 12.0 Å². The van der Waals surface area contributed by atoms with Crippen LogP contribution in [0.4, 0.5) is 0 Å². The fourth-order valence-electron chi connectivity index (χ4n) is 4.52. The van der Waals surface area contributed by atoms with Crippen LogP contribution >= 0.6 is 0 Å². The summed E-state index contributed by atoms with van der Waals surface area (Å²) in [6, 6.07) is 0. The fourth-order valence-corrected chi connectivity index (χ4v) is 4.52. The van der Waals surface area contributed by atoms with Gasteiger partial charge in [-0.25, -0.2) is 0 Å². The van der Waals surface area contributed by atoms with Crippen molar-refractivity contribution in [3.8, 4) is 0 Å². The quantitative estimate of drug-likeness (QED) is 0.871. The standard InChI is InChI=1S/C18H24N4O3/c23-14(8-19-15(24)11-3-4-11)22-9-13-2-1-7-18(13,10-22)17-21-20-16(25-17)12-5-6-12/h11-13H,1-10H2,(H,19,24)/t13-,18-/m0/s1. The van der Waals surface area contributed by atoms with Crippen molar-refractivity contribution >= 4 is 11.8 Å². The molecule has 0 bridgehead atoms. The topological polar surface area (TPSA) is 88.3 Å². The monoisotopic (exact) mass is 344 g/mol. The zero-order chi connectivity index (χ0) is 17.0. The maximum Gasteiger partial charge on any atom is 0.242 e. The van der Waals surface area contributed by atoms with E-state index in [4.69, 9.17) is 4.42 Å². The molecular weight excluding hydrogens is 320 g/mol. The first kappa shape index (κ1) is 15.3. The third-order valence-corrected chi connectivity index (χ3v) is 6.38. The molecule has 7 heteroatoms. The van der Waals surface area contributed by atoms with Crippen LogP contribution in [0.15, 0.2) is 4.42 Å². The predicted octanol–water partition coefficient (Wildman–Crippen LogP) is 1.35. The molecule has 5 rings (SSSR count). The van der Waals surface area contributed by atoms with Crippen LogP contribution in [0, 0.1) is 11.8 Å². The van der Waals surface area contributed by atoms with Crippen molar-refractivity contribution in [2.24, 2.45) is 11.8 Å². The summed E-state index contributed by atoms with van der Waals surface area (Å²) in [5.41, 5.74) is -0.170. The second-order valence-electron chi connectivity index (χ2n) is 8.23. The first-order valence-corrected chi connectivity index (χ1v) is 9.55. The molecule has 25 heavy (non-hydrogen) atoms. The molecule has 0 unspecified atom stereocenters. The second kappa shape index (κ2) is 5.54. The Hall–Kier alpha value is -1.92. The zero-order valence-electron chi connectivity index (χ0n) is 14.4. The number of rotatable bonds is 5. The first-order valence-electron chi connectivity index (χ1n) is 9.55. The van der Waals surface area contributed by atoms with Crippen LogP contribution < -0.4 is 5.32 Å². The molecule has 1 N–H and O–H groups in total. The average Bonchev–Trinajstić information content (AvgIpc) is 3.50. The van der Waals surface area contributed by atoms with Gasteiger partial charge in [-0.2, -0.15) is 0 Å². The molecule has 1 saturated heterocycles. The predicted molar refractivity (Wildman–Crippen MR) is 87.6 cm³/mol. The maximum atomic E-state index is 12.6. The molecule has 7 nitrogen and oxygen atoms in total. The smallest absolute Gasteiger partial charge is 0.242 e. The van der Waals surface area contributed by atoms with Crippen LogP contribution in [0.3, 0.4) is 0 Å². The Balaban J connectivity index is 1.28. The Kier molecular flexibility index (Phi) is 3.40. The number of hydrogen-bond donors (Lipinski definition) is 1. The van der Waals surface area contributed by atoms with Crippen LogP contribution in [0.25, 0.3) is 0 Å². The largest absolute Gasteiger partial charge is 0.424 e. The van der Waals surface area contributed by atoms with E-state index in [0.717, 1.165) is 63.3 Å². The van der Waals surface area contributed by atoms with Gasteiger partial charge in [0.15, 0.2) is 0 Å². The lowest BCUT2D eigenvalue weighted by Crippen LogP contribution is -2.41. The lowest BCUT2D eigenvalue weighted by atomic mass is 9.80. The molecule has 3 saturated carbocycles. The van der Waals surface area contributed by atoms with Crippen LogP contribution in [-0.4, -0.2) is 46.5 Å². The minimum absolute atomic E-state index is 0.00436. The third-order valence-electron chi connectivity index (χ3n) is 6.38. The first-order chi connectivity index (χ1) is 12.2. The van der Waals surface area contributed by atoms with Crippen molar-refractivity contribution in [2.75, 3.05) is 19.6 Å². The summed E-state index contributed by atoms with van der Waals surface area (Å²) in [7, 11) is 0. The Morgan fingerprint density at radius 1 is 1.20 bits per heavy atom. The average molecular weight is 344 g/mol. The molecule has 4 fully saturated rings. The lowest BCUT2D eigenvalue weighted by Gasteiger charge is -2.24. The number of hydrogen-bond acceptors (Lipinski definition) is 5. The maximum absolute atomic E-state index is 12.6. The van der Waals surface area contributed by atoms with Gasteiger partial charge in [-0.1, -0.05) is 6.42 Å². The molecule has 1 aliphatic heterocycles. The molecular formula is C18H24N4O3. The summed E-state index contributed by atoms with van der Waals surface area (Å²) < 4.78 is 6.03. The Morgan fingerprint density at radius 2 is 2.04 bits per heavy atom. The van der Waals surface area contributed by atoms with E-state index < -0.39 is 0 Å². The van der Waals surface area contributed by atoms with Crippen molar-refractivity contribution in [1.29, 1.82) is 0 Å². The van der Waals surface area contributed by atoms with Crippen LogP contribution in [-0.2, 0) is 15.0 Å². The lowest BCUT2D eigenvalue weighted by molar-refractivity contribution is -0.132. The normalized spacial score (nSPS) is 31.2. The Labute approximate surface area is 146 Å². The van der Waals surface area contributed by atoms with Gasteiger partial charge in [0.25, 0.3) is 0 Å². The molecule has 3 aliphatic carbocycles. The minimum Gasteiger partial charge on any atom is -0.424 e. The van der Waals surface area contributed by atoms with E-state index in [2.05, 4.69) is 15.5 Å². The number of carbonyl (C=O) groups excluding carboxylic acids is 2.